The minimum Gasteiger partial charge on any atom is -0.352 e. The summed E-state index contributed by atoms with van der Waals surface area (Å²) < 4.78 is 28.7. The Morgan fingerprint density at radius 1 is 0.925 bits per heavy atom. The number of para-hydroxylation sites is 1. The Kier molecular flexibility index (Phi) is 9.87. The summed E-state index contributed by atoms with van der Waals surface area (Å²) >= 11 is 6.00. The molecule has 1 fully saturated rings. The number of hydrogen-bond donors (Lipinski definition) is 1. The van der Waals surface area contributed by atoms with Crippen LogP contribution in [0.25, 0.3) is 0 Å². The maximum atomic E-state index is 14.0. The summed E-state index contributed by atoms with van der Waals surface area (Å²) in [6.45, 7) is 3.38. The lowest BCUT2D eigenvalue weighted by Gasteiger charge is -2.33. The molecule has 2 amide bonds. The molecule has 0 spiro atoms. The quantitative estimate of drug-likeness (QED) is 0.332. The van der Waals surface area contributed by atoms with Crippen molar-refractivity contribution >= 4 is 39.1 Å². The number of benzene rings is 3. The van der Waals surface area contributed by atoms with Crippen LogP contribution in [0.3, 0.4) is 0 Å². The number of sulfonamides is 1. The van der Waals surface area contributed by atoms with E-state index in [1.807, 2.05) is 31.2 Å². The Balaban J connectivity index is 1.65. The van der Waals surface area contributed by atoms with Crippen LogP contribution < -0.4 is 9.62 Å². The van der Waals surface area contributed by atoms with E-state index >= 15 is 0 Å². The van der Waals surface area contributed by atoms with Gasteiger partial charge in [0, 0.05) is 17.6 Å². The van der Waals surface area contributed by atoms with Gasteiger partial charge in [0.1, 0.15) is 12.6 Å². The molecule has 212 valence electrons. The zero-order valence-corrected chi connectivity index (χ0v) is 24.5. The largest absolute Gasteiger partial charge is 0.352 e. The maximum Gasteiger partial charge on any atom is 0.264 e. The first-order chi connectivity index (χ1) is 19.1. The lowest BCUT2D eigenvalue weighted by Crippen LogP contribution is -2.53. The van der Waals surface area contributed by atoms with E-state index in [0.717, 1.165) is 47.5 Å². The number of rotatable bonds is 10. The van der Waals surface area contributed by atoms with Gasteiger partial charge in [0.2, 0.25) is 11.8 Å². The average molecular weight is 582 g/mol. The van der Waals surface area contributed by atoms with Crippen LogP contribution >= 0.6 is 11.6 Å². The number of halogens is 1. The van der Waals surface area contributed by atoms with Gasteiger partial charge in [0.25, 0.3) is 10.0 Å². The third kappa shape index (κ3) is 7.43. The predicted molar refractivity (Wildman–Crippen MR) is 159 cm³/mol. The number of aryl methyl sites for hydroxylation is 1. The average Bonchev–Trinajstić information content (AvgIpc) is 2.96. The fourth-order valence-corrected chi connectivity index (χ4v) is 6.44. The minimum atomic E-state index is -4.12. The SMILES string of the molecule is Cc1ccc(CN(C(=O)CN(c2ccccc2)S(=O)(=O)c2ccc(Cl)cc2)[C@H](C)C(=O)NC2CCCCC2)cc1. The molecule has 1 aliphatic carbocycles. The predicted octanol–water partition coefficient (Wildman–Crippen LogP) is 5.71. The van der Waals surface area contributed by atoms with Crippen molar-refractivity contribution in [3.8, 4) is 0 Å². The molecule has 0 saturated heterocycles. The topological polar surface area (TPSA) is 86.8 Å². The summed E-state index contributed by atoms with van der Waals surface area (Å²) in [7, 11) is -4.12. The Morgan fingerprint density at radius 2 is 1.55 bits per heavy atom. The Morgan fingerprint density at radius 3 is 2.17 bits per heavy atom. The Bertz CT molecular complexity index is 1390. The number of amides is 2. The molecule has 9 heteroatoms. The molecule has 0 aliphatic heterocycles. The molecular weight excluding hydrogens is 546 g/mol. The fourth-order valence-electron chi connectivity index (χ4n) is 4.90. The molecular formula is C31H36ClN3O4S. The zero-order chi connectivity index (χ0) is 28.7. The van der Waals surface area contributed by atoms with E-state index in [0.29, 0.717) is 10.7 Å². The molecule has 1 saturated carbocycles. The van der Waals surface area contributed by atoms with Gasteiger partial charge in [0.15, 0.2) is 0 Å². The summed E-state index contributed by atoms with van der Waals surface area (Å²) in [5, 5.41) is 3.52. The van der Waals surface area contributed by atoms with Gasteiger partial charge in [-0.3, -0.25) is 13.9 Å². The van der Waals surface area contributed by atoms with Gasteiger partial charge < -0.3 is 10.2 Å². The highest BCUT2D eigenvalue weighted by Gasteiger charge is 2.33. The number of carbonyl (C=O) groups excluding carboxylic acids is 2. The second kappa shape index (κ2) is 13.3. The molecule has 1 N–H and O–H groups in total. The summed E-state index contributed by atoms with van der Waals surface area (Å²) in [5.41, 5.74) is 2.28. The third-order valence-electron chi connectivity index (χ3n) is 7.32. The van der Waals surface area contributed by atoms with Crippen molar-refractivity contribution in [2.75, 3.05) is 10.8 Å². The van der Waals surface area contributed by atoms with Crippen molar-refractivity contribution in [3.63, 3.8) is 0 Å². The van der Waals surface area contributed by atoms with Gasteiger partial charge in [0.05, 0.1) is 10.6 Å². The minimum absolute atomic E-state index is 0.0155. The van der Waals surface area contributed by atoms with Crippen LogP contribution in [0.5, 0.6) is 0 Å². The number of nitrogens with one attached hydrogen (secondary N) is 1. The van der Waals surface area contributed by atoms with Crippen LogP contribution in [0.4, 0.5) is 5.69 Å². The lowest BCUT2D eigenvalue weighted by molar-refractivity contribution is -0.139. The maximum absolute atomic E-state index is 14.0. The van der Waals surface area contributed by atoms with E-state index in [1.165, 1.54) is 29.2 Å². The van der Waals surface area contributed by atoms with Gasteiger partial charge >= 0.3 is 0 Å². The highest BCUT2D eigenvalue weighted by molar-refractivity contribution is 7.92. The van der Waals surface area contributed by atoms with Crippen molar-refractivity contribution in [3.05, 3.63) is 95.0 Å². The lowest BCUT2D eigenvalue weighted by atomic mass is 9.95. The van der Waals surface area contributed by atoms with Crippen molar-refractivity contribution in [1.82, 2.24) is 10.2 Å². The molecule has 4 rings (SSSR count). The highest BCUT2D eigenvalue weighted by atomic mass is 35.5. The van der Waals surface area contributed by atoms with Crippen LogP contribution in [0.2, 0.25) is 5.02 Å². The zero-order valence-electron chi connectivity index (χ0n) is 22.9. The first kappa shape index (κ1) is 29.6. The second-order valence-electron chi connectivity index (χ2n) is 10.3. The number of hydrogen-bond acceptors (Lipinski definition) is 4. The van der Waals surface area contributed by atoms with Crippen LogP contribution in [0.1, 0.15) is 50.2 Å². The van der Waals surface area contributed by atoms with E-state index in [9.17, 15) is 18.0 Å². The second-order valence-corrected chi connectivity index (χ2v) is 12.6. The molecule has 0 aromatic heterocycles. The van der Waals surface area contributed by atoms with E-state index in [4.69, 9.17) is 11.6 Å². The summed E-state index contributed by atoms with van der Waals surface area (Å²) in [6, 6.07) is 21.4. The molecule has 7 nitrogen and oxygen atoms in total. The highest BCUT2D eigenvalue weighted by Crippen LogP contribution is 2.25. The summed E-state index contributed by atoms with van der Waals surface area (Å²) in [5.74, 6) is -0.715. The number of nitrogens with zero attached hydrogens (tertiary/aromatic N) is 2. The van der Waals surface area contributed by atoms with E-state index < -0.39 is 28.5 Å². The van der Waals surface area contributed by atoms with Gasteiger partial charge in [-0.25, -0.2) is 8.42 Å². The first-order valence-electron chi connectivity index (χ1n) is 13.6. The van der Waals surface area contributed by atoms with Crippen LogP contribution in [-0.2, 0) is 26.2 Å². The van der Waals surface area contributed by atoms with E-state index in [2.05, 4.69) is 5.32 Å². The smallest absolute Gasteiger partial charge is 0.264 e. The monoisotopic (exact) mass is 581 g/mol. The number of carbonyl (C=O) groups is 2. The molecule has 3 aromatic carbocycles. The summed E-state index contributed by atoms with van der Waals surface area (Å²) in [6.07, 6.45) is 5.15. The van der Waals surface area contributed by atoms with Gasteiger partial charge in [-0.1, -0.05) is 78.9 Å². The molecule has 40 heavy (non-hydrogen) atoms. The van der Waals surface area contributed by atoms with Crippen molar-refractivity contribution in [2.45, 2.75) is 69.5 Å². The molecule has 1 aliphatic rings. The van der Waals surface area contributed by atoms with Gasteiger partial charge in [-0.05, 0) is 68.7 Å². The standard InChI is InChI=1S/C31H36ClN3O4S/c1-23-13-15-25(16-14-23)21-34(24(2)31(37)33-27-9-5-3-6-10-27)30(36)22-35(28-11-7-4-8-12-28)40(38,39)29-19-17-26(32)18-20-29/h4,7-8,11-20,24,27H,3,5-6,9-10,21-22H2,1-2H3,(H,33,37)/t24-/m1/s1. The van der Waals surface area contributed by atoms with Crippen molar-refractivity contribution in [1.29, 1.82) is 0 Å². The molecule has 0 heterocycles. The van der Waals surface area contributed by atoms with Gasteiger partial charge in [-0.2, -0.15) is 0 Å². The Labute approximate surface area is 242 Å². The van der Waals surface area contributed by atoms with Crippen molar-refractivity contribution < 1.29 is 18.0 Å². The van der Waals surface area contributed by atoms with E-state index in [1.54, 1.807) is 37.3 Å². The first-order valence-corrected chi connectivity index (χ1v) is 15.5. The molecule has 0 unspecified atom stereocenters. The summed E-state index contributed by atoms with van der Waals surface area (Å²) in [4.78, 5) is 28.8. The van der Waals surface area contributed by atoms with Crippen LogP contribution in [-0.4, -0.2) is 43.8 Å². The van der Waals surface area contributed by atoms with Crippen LogP contribution in [0, 0.1) is 6.92 Å². The third-order valence-corrected chi connectivity index (χ3v) is 9.36. The Hall–Kier alpha value is -3.36. The van der Waals surface area contributed by atoms with Crippen molar-refractivity contribution in [2.24, 2.45) is 0 Å². The van der Waals surface area contributed by atoms with Gasteiger partial charge in [-0.15, -0.1) is 0 Å². The normalized spacial score (nSPS) is 14.8. The number of anilines is 1. The van der Waals surface area contributed by atoms with Crippen LogP contribution in [0.15, 0.2) is 83.8 Å². The molecule has 3 aromatic rings. The van der Waals surface area contributed by atoms with E-state index in [-0.39, 0.29) is 23.4 Å². The molecule has 0 radical (unpaired) electrons. The fraction of sp³-hybridized carbons (Fsp3) is 0.355. The molecule has 1 atom stereocenters. The molecule has 0 bridgehead atoms.